The van der Waals surface area contributed by atoms with E-state index in [4.69, 9.17) is 0 Å². The fourth-order valence-electron chi connectivity index (χ4n) is 2.35. The number of nitrogens with zero attached hydrogens (tertiary/aromatic N) is 4. The van der Waals surface area contributed by atoms with Crippen molar-refractivity contribution in [2.45, 2.75) is 25.9 Å². The Morgan fingerprint density at radius 2 is 1.80 bits per heavy atom. The normalized spacial score (nSPS) is 11.6. The molecule has 1 aromatic carbocycles. The Morgan fingerprint density at radius 3 is 2.48 bits per heavy atom. The van der Waals surface area contributed by atoms with E-state index in [2.05, 4.69) is 19.8 Å². The number of hydrogen-bond donors (Lipinski definition) is 1. The van der Waals surface area contributed by atoms with E-state index in [1.165, 1.54) is 10.7 Å². The van der Waals surface area contributed by atoms with Gasteiger partial charge in [-0.3, -0.25) is 4.72 Å². The lowest BCUT2D eigenvalue weighted by atomic mass is 10.0. The molecule has 130 valence electrons. The van der Waals surface area contributed by atoms with Crippen LogP contribution in [0.2, 0.25) is 0 Å². The minimum atomic E-state index is -4.21. The summed E-state index contributed by atoms with van der Waals surface area (Å²) >= 11 is 0. The number of nitrogens with one attached hydrogen (secondary N) is 1. The topological polar surface area (TPSA) is 129 Å². The Kier molecular flexibility index (Phi) is 3.91. The highest BCUT2D eigenvalue weighted by molar-refractivity contribution is 7.92. The molecule has 0 saturated heterocycles. The maximum atomic E-state index is 12.6. The molecule has 0 amide bonds. The summed E-state index contributed by atoms with van der Waals surface area (Å²) in [5, 5.41) is 14.8. The number of carboxylic acids is 1. The highest BCUT2D eigenvalue weighted by Gasteiger charge is 2.24. The van der Waals surface area contributed by atoms with Crippen molar-refractivity contribution in [3.8, 4) is 0 Å². The lowest BCUT2D eigenvalue weighted by Gasteiger charge is -2.16. The van der Waals surface area contributed by atoms with Crippen LogP contribution >= 0.6 is 0 Å². The minimum absolute atomic E-state index is 0.0667. The van der Waals surface area contributed by atoms with Gasteiger partial charge in [0.15, 0.2) is 0 Å². The Hall–Kier alpha value is -3.01. The molecule has 10 heteroatoms. The minimum Gasteiger partial charge on any atom is -0.545 e. The maximum absolute atomic E-state index is 12.6. The predicted molar refractivity (Wildman–Crippen MR) is 86.6 cm³/mol. The number of rotatable bonds is 4. The van der Waals surface area contributed by atoms with E-state index in [1.54, 1.807) is 39.0 Å². The molecular formula is C15H14N5O4S-. The van der Waals surface area contributed by atoms with Crippen LogP contribution in [-0.2, 0) is 10.0 Å². The van der Waals surface area contributed by atoms with Crippen LogP contribution in [0, 0.1) is 20.8 Å². The molecule has 0 fully saturated rings. The first-order valence-electron chi connectivity index (χ1n) is 7.23. The lowest BCUT2D eigenvalue weighted by molar-refractivity contribution is -0.255. The average molecular weight is 360 g/mol. The molecule has 1 N–H and O–H groups in total. The molecule has 0 aliphatic rings. The number of aryl methyl sites for hydroxylation is 3. The smallest absolute Gasteiger partial charge is 0.299 e. The molecule has 0 saturated carbocycles. The fraction of sp³-hybridized carbons (Fsp3) is 0.200. The SMILES string of the molecule is Cc1ccn2nc(S(=O)(=O)Nc3c(C)ccc(C)c3C(=O)[O-])nc2n1. The molecule has 2 heterocycles. The van der Waals surface area contributed by atoms with Crippen molar-refractivity contribution in [1.29, 1.82) is 0 Å². The van der Waals surface area contributed by atoms with E-state index in [0.717, 1.165) is 0 Å². The predicted octanol–water partition coefficient (Wildman–Crippen LogP) is 0.214. The van der Waals surface area contributed by atoms with Gasteiger partial charge in [0.05, 0.1) is 11.7 Å². The van der Waals surface area contributed by atoms with Gasteiger partial charge in [-0.1, -0.05) is 12.1 Å². The van der Waals surface area contributed by atoms with Crippen LogP contribution in [0.25, 0.3) is 5.78 Å². The van der Waals surface area contributed by atoms with Gasteiger partial charge in [0.25, 0.3) is 21.0 Å². The Bertz CT molecular complexity index is 1100. The van der Waals surface area contributed by atoms with Crippen molar-refractivity contribution >= 4 is 27.5 Å². The number of fused-ring (bicyclic) bond motifs is 1. The largest absolute Gasteiger partial charge is 0.545 e. The number of aromatic nitrogens is 4. The molecular weight excluding hydrogens is 346 g/mol. The van der Waals surface area contributed by atoms with Crippen molar-refractivity contribution in [1.82, 2.24) is 19.6 Å². The lowest BCUT2D eigenvalue weighted by Crippen LogP contribution is -2.26. The third-order valence-corrected chi connectivity index (χ3v) is 4.76. The van der Waals surface area contributed by atoms with Gasteiger partial charge in [0, 0.05) is 17.5 Å². The fourth-order valence-corrected chi connectivity index (χ4v) is 3.37. The highest BCUT2D eigenvalue weighted by Crippen LogP contribution is 2.26. The number of benzene rings is 1. The second kappa shape index (κ2) is 5.81. The van der Waals surface area contributed by atoms with E-state index in [-0.39, 0.29) is 17.0 Å². The van der Waals surface area contributed by atoms with Crippen LogP contribution in [0.15, 0.2) is 29.6 Å². The summed E-state index contributed by atoms with van der Waals surface area (Å²) in [7, 11) is -4.21. The molecule has 25 heavy (non-hydrogen) atoms. The first kappa shape index (κ1) is 16.8. The molecule has 0 unspecified atom stereocenters. The van der Waals surface area contributed by atoms with Crippen LogP contribution in [0.3, 0.4) is 0 Å². The van der Waals surface area contributed by atoms with E-state index < -0.39 is 21.1 Å². The number of anilines is 1. The zero-order chi connectivity index (χ0) is 18.4. The summed E-state index contributed by atoms with van der Waals surface area (Å²) < 4.78 is 28.7. The number of aromatic carboxylic acids is 1. The van der Waals surface area contributed by atoms with Crippen LogP contribution in [0.4, 0.5) is 5.69 Å². The highest BCUT2D eigenvalue weighted by atomic mass is 32.2. The van der Waals surface area contributed by atoms with Gasteiger partial charge in [-0.2, -0.15) is 13.4 Å². The van der Waals surface area contributed by atoms with Crippen LogP contribution in [-0.4, -0.2) is 34.0 Å². The third-order valence-electron chi connectivity index (χ3n) is 3.63. The quantitative estimate of drug-likeness (QED) is 0.704. The number of sulfonamides is 1. The summed E-state index contributed by atoms with van der Waals surface area (Å²) in [4.78, 5) is 19.4. The van der Waals surface area contributed by atoms with E-state index in [1.807, 2.05) is 0 Å². The zero-order valence-corrected chi connectivity index (χ0v) is 14.5. The van der Waals surface area contributed by atoms with Crippen molar-refractivity contribution in [2.75, 3.05) is 4.72 Å². The van der Waals surface area contributed by atoms with Gasteiger partial charge < -0.3 is 9.90 Å². The van der Waals surface area contributed by atoms with E-state index in [0.29, 0.717) is 16.8 Å². The molecule has 3 aromatic rings. The van der Waals surface area contributed by atoms with Crippen molar-refractivity contribution < 1.29 is 18.3 Å². The first-order chi connectivity index (χ1) is 11.7. The second-order valence-electron chi connectivity index (χ2n) is 5.55. The average Bonchev–Trinajstić information content (AvgIpc) is 2.94. The van der Waals surface area contributed by atoms with Gasteiger partial charge >= 0.3 is 0 Å². The molecule has 0 radical (unpaired) electrons. The molecule has 2 aromatic heterocycles. The number of carboxylic acid groups (broad SMARTS) is 1. The molecule has 0 bridgehead atoms. The van der Waals surface area contributed by atoms with Crippen molar-refractivity contribution in [2.24, 2.45) is 0 Å². The summed E-state index contributed by atoms with van der Waals surface area (Å²) in [6.45, 7) is 4.88. The van der Waals surface area contributed by atoms with Gasteiger partial charge in [0.1, 0.15) is 0 Å². The summed E-state index contributed by atoms with van der Waals surface area (Å²) in [5.41, 5.74) is 1.18. The Balaban J connectivity index is 2.10. The van der Waals surface area contributed by atoms with Crippen LogP contribution in [0.1, 0.15) is 27.2 Å². The van der Waals surface area contributed by atoms with Crippen molar-refractivity contribution in [3.63, 3.8) is 0 Å². The van der Waals surface area contributed by atoms with Gasteiger partial charge in [0.2, 0.25) is 0 Å². The summed E-state index contributed by atoms with van der Waals surface area (Å²) in [6, 6.07) is 4.85. The molecule has 3 rings (SSSR count). The van der Waals surface area contributed by atoms with Gasteiger partial charge in [-0.25, -0.2) is 9.50 Å². The Morgan fingerprint density at radius 1 is 1.12 bits per heavy atom. The van der Waals surface area contributed by atoms with Crippen LogP contribution in [0.5, 0.6) is 0 Å². The monoisotopic (exact) mass is 360 g/mol. The molecule has 9 nitrogen and oxygen atoms in total. The van der Waals surface area contributed by atoms with E-state index in [9.17, 15) is 18.3 Å². The third kappa shape index (κ3) is 3.03. The summed E-state index contributed by atoms with van der Waals surface area (Å²) in [6.07, 6.45) is 1.54. The molecule has 0 spiro atoms. The van der Waals surface area contributed by atoms with Gasteiger partial charge in [-0.15, -0.1) is 5.10 Å². The summed E-state index contributed by atoms with van der Waals surface area (Å²) in [5.74, 6) is -1.35. The molecule has 0 atom stereocenters. The molecule has 0 aliphatic heterocycles. The number of hydrogen-bond acceptors (Lipinski definition) is 7. The van der Waals surface area contributed by atoms with Crippen molar-refractivity contribution in [3.05, 3.63) is 46.8 Å². The number of carbonyl (C=O) groups excluding carboxylic acids is 1. The second-order valence-corrected chi connectivity index (χ2v) is 7.13. The standard InChI is InChI=1S/C15H15N5O4S/c1-8-4-5-9(2)12(11(8)13(21)22)19-25(23,24)15-17-14-16-10(3)6-7-20(14)18-15/h4-7,19H,1-3H3,(H,21,22)/p-1. The van der Waals surface area contributed by atoms with E-state index >= 15 is 0 Å². The Labute approximate surface area is 143 Å². The van der Waals surface area contributed by atoms with Gasteiger partial charge in [-0.05, 0) is 38.0 Å². The first-order valence-corrected chi connectivity index (χ1v) is 8.72. The maximum Gasteiger partial charge on any atom is 0.299 e. The number of carbonyl (C=O) groups is 1. The van der Waals surface area contributed by atoms with Crippen LogP contribution < -0.4 is 9.83 Å². The molecule has 0 aliphatic carbocycles. The zero-order valence-electron chi connectivity index (χ0n) is 13.6.